The molecule has 0 radical (unpaired) electrons. The van der Waals surface area contributed by atoms with Crippen LogP contribution in [-0.4, -0.2) is 34.2 Å². The zero-order chi connectivity index (χ0) is 15.3. The molecular formula is C14H19ClN2O3. The van der Waals surface area contributed by atoms with Crippen LogP contribution in [-0.2, 0) is 0 Å². The Morgan fingerprint density at radius 2 is 2.10 bits per heavy atom. The molecule has 0 aliphatic carbocycles. The van der Waals surface area contributed by atoms with Crippen molar-refractivity contribution in [3.63, 3.8) is 0 Å². The number of carbonyl (C=O) groups excluding carboxylic acids is 1. The van der Waals surface area contributed by atoms with E-state index in [1.54, 1.807) is 24.0 Å². The van der Waals surface area contributed by atoms with Crippen molar-refractivity contribution in [1.29, 1.82) is 0 Å². The summed E-state index contributed by atoms with van der Waals surface area (Å²) in [5.74, 6) is 0.288. The lowest BCUT2D eigenvalue weighted by Gasteiger charge is -2.27. The normalized spacial score (nSPS) is 10.7. The van der Waals surface area contributed by atoms with E-state index in [0.717, 1.165) is 0 Å². The fourth-order valence-electron chi connectivity index (χ4n) is 2.03. The third-order valence-electron chi connectivity index (χ3n) is 3.15. The van der Waals surface area contributed by atoms with Gasteiger partial charge in [-0.25, -0.2) is 0 Å². The number of rotatable bonds is 6. The second-order valence-corrected chi connectivity index (χ2v) is 5.22. The van der Waals surface area contributed by atoms with Crippen LogP contribution in [0.2, 0.25) is 0 Å². The van der Waals surface area contributed by atoms with Gasteiger partial charge in [-0.1, -0.05) is 6.07 Å². The third-order valence-corrected chi connectivity index (χ3v) is 3.42. The molecule has 1 aromatic carbocycles. The van der Waals surface area contributed by atoms with Gasteiger partial charge in [-0.3, -0.25) is 14.9 Å². The Hall–Kier alpha value is -1.62. The van der Waals surface area contributed by atoms with Crippen LogP contribution in [0, 0.1) is 17.0 Å². The van der Waals surface area contributed by atoms with Gasteiger partial charge in [0.15, 0.2) is 0 Å². The number of halogens is 1. The lowest BCUT2D eigenvalue weighted by molar-refractivity contribution is -0.385. The monoisotopic (exact) mass is 298 g/mol. The fourth-order valence-corrected chi connectivity index (χ4v) is 2.15. The fraction of sp³-hybridized carbons (Fsp3) is 0.500. The largest absolute Gasteiger partial charge is 0.336 e. The molecule has 0 unspecified atom stereocenters. The van der Waals surface area contributed by atoms with Gasteiger partial charge in [-0.15, -0.1) is 11.6 Å². The predicted octanol–water partition coefficient (Wildman–Crippen LogP) is 3.38. The number of benzene rings is 1. The van der Waals surface area contributed by atoms with Crippen LogP contribution in [0.15, 0.2) is 18.2 Å². The molecule has 1 amide bonds. The Morgan fingerprint density at radius 3 is 2.60 bits per heavy atom. The van der Waals surface area contributed by atoms with Crippen molar-refractivity contribution in [2.45, 2.75) is 33.2 Å². The maximum atomic E-state index is 12.5. The average molecular weight is 299 g/mol. The highest BCUT2D eigenvalue weighted by Crippen LogP contribution is 2.23. The lowest BCUT2D eigenvalue weighted by atomic mass is 10.0. The molecule has 20 heavy (non-hydrogen) atoms. The topological polar surface area (TPSA) is 63.5 Å². The van der Waals surface area contributed by atoms with E-state index in [-0.39, 0.29) is 17.6 Å². The summed E-state index contributed by atoms with van der Waals surface area (Å²) >= 11 is 5.67. The van der Waals surface area contributed by atoms with Gasteiger partial charge in [0.1, 0.15) is 0 Å². The standard InChI is InChI=1S/C14H19ClN2O3/c1-10(2)16(9-5-8-15)14(18)12-6-4-7-13(11(12)3)17(19)20/h4,6-7,10H,5,8-9H2,1-3H3. The molecule has 6 heteroatoms. The van der Waals surface area contributed by atoms with Gasteiger partial charge in [0.25, 0.3) is 11.6 Å². The highest BCUT2D eigenvalue weighted by atomic mass is 35.5. The zero-order valence-corrected chi connectivity index (χ0v) is 12.7. The maximum absolute atomic E-state index is 12.5. The van der Waals surface area contributed by atoms with Crippen molar-refractivity contribution in [3.05, 3.63) is 39.4 Å². The molecule has 5 nitrogen and oxygen atoms in total. The van der Waals surface area contributed by atoms with E-state index in [0.29, 0.717) is 30.0 Å². The summed E-state index contributed by atoms with van der Waals surface area (Å²) < 4.78 is 0. The van der Waals surface area contributed by atoms with Gasteiger partial charge in [-0.05, 0) is 33.3 Å². The van der Waals surface area contributed by atoms with Crippen LogP contribution in [0.4, 0.5) is 5.69 Å². The van der Waals surface area contributed by atoms with Crippen LogP contribution in [0.25, 0.3) is 0 Å². The molecule has 110 valence electrons. The number of nitro groups is 1. The first kappa shape index (κ1) is 16.4. The van der Waals surface area contributed by atoms with E-state index < -0.39 is 4.92 Å². The van der Waals surface area contributed by atoms with Gasteiger partial charge < -0.3 is 4.90 Å². The van der Waals surface area contributed by atoms with Gasteiger partial charge in [0.2, 0.25) is 0 Å². The summed E-state index contributed by atoms with van der Waals surface area (Å²) in [7, 11) is 0. The van der Waals surface area contributed by atoms with E-state index in [1.807, 2.05) is 13.8 Å². The van der Waals surface area contributed by atoms with E-state index in [9.17, 15) is 14.9 Å². The minimum absolute atomic E-state index is 0.0179. The zero-order valence-electron chi connectivity index (χ0n) is 11.9. The molecule has 0 spiro atoms. The lowest BCUT2D eigenvalue weighted by Crippen LogP contribution is -2.38. The van der Waals surface area contributed by atoms with Crippen LogP contribution in [0.1, 0.15) is 36.2 Å². The first-order valence-electron chi connectivity index (χ1n) is 6.51. The molecule has 0 N–H and O–H groups in total. The van der Waals surface area contributed by atoms with Crippen molar-refractivity contribution in [1.82, 2.24) is 4.90 Å². The minimum Gasteiger partial charge on any atom is -0.336 e. The highest BCUT2D eigenvalue weighted by Gasteiger charge is 2.23. The average Bonchev–Trinajstić information content (AvgIpc) is 2.38. The van der Waals surface area contributed by atoms with E-state index in [2.05, 4.69) is 0 Å². The summed E-state index contributed by atoms with van der Waals surface area (Å²) in [6.45, 7) is 5.98. The van der Waals surface area contributed by atoms with Crippen LogP contribution in [0.3, 0.4) is 0 Å². The van der Waals surface area contributed by atoms with Crippen LogP contribution < -0.4 is 0 Å². The highest BCUT2D eigenvalue weighted by molar-refractivity contribution is 6.17. The number of alkyl halides is 1. The molecule has 1 rings (SSSR count). The second kappa shape index (κ2) is 7.24. The molecule has 1 aromatic rings. The van der Waals surface area contributed by atoms with Crippen molar-refractivity contribution in [3.8, 4) is 0 Å². The number of carbonyl (C=O) groups is 1. The Morgan fingerprint density at radius 1 is 1.45 bits per heavy atom. The number of hydrogen-bond donors (Lipinski definition) is 0. The molecule has 0 aliphatic heterocycles. The summed E-state index contributed by atoms with van der Waals surface area (Å²) in [6.07, 6.45) is 0.694. The summed E-state index contributed by atoms with van der Waals surface area (Å²) in [5.41, 5.74) is 0.749. The van der Waals surface area contributed by atoms with Crippen molar-refractivity contribution >= 4 is 23.2 Å². The molecule has 0 aromatic heterocycles. The Balaban J connectivity index is 3.12. The van der Waals surface area contributed by atoms with E-state index in [4.69, 9.17) is 11.6 Å². The first-order valence-corrected chi connectivity index (χ1v) is 7.04. The molecule has 0 heterocycles. The SMILES string of the molecule is Cc1c(C(=O)N(CCCCl)C(C)C)cccc1[N+](=O)[O-]. The second-order valence-electron chi connectivity index (χ2n) is 4.84. The molecule has 0 saturated heterocycles. The molecule has 0 bridgehead atoms. The van der Waals surface area contributed by atoms with E-state index in [1.165, 1.54) is 6.07 Å². The van der Waals surface area contributed by atoms with Crippen molar-refractivity contribution in [2.75, 3.05) is 12.4 Å². The van der Waals surface area contributed by atoms with Gasteiger partial charge >= 0.3 is 0 Å². The molecule has 0 aliphatic rings. The predicted molar refractivity (Wildman–Crippen MR) is 79.3 cm³/mol. The smallest absolute Gasteiger partial charge is 0.273 e. The van der Waals surface area contributed by atoms with Gasteiger partial charge in [-0.2, -0.15) is 0 Å². The molecule has 0 atom stereocenters. The number of amides is 1. The quantitative estimate of drug-likeness (QED) is 0.459. The number of nitro benzene ring substituents is 1. The van der Waals surface area contributed by atoms with E-state index >= 15 is 0 Å². The summed E-state index contributed by atoms with van der Waals surface area (Å²) in [5, 5.41) is 10.9. The Kier molecular flexibility index (Phi) is 5.95. The first-order chi connectivity index (χ1) is 9.40. The number of nitrogens with zero attached hydrogens (tertiary/aromatic N) is 2. The number of hydrogen-bond acceptors (Lipinski definition) is 3. The van der Waals surface area contributed by atoms with Crippen molar-refractivity contribution < 1.29 is 9.72 Å². The summed E-state index contributed by atoms with van der Waals surface area (Å²) in [4.78, 5) is 24.7. The van der Waals surface area contributed by atoms with Gasteiger partial charge in [0, 0.05) is 35.7 Å². The maximum Gasteiger partial charge on any atom is 0.273 e. The molecular weight excluding hydrogens is 280 g/mol. The third kappa shape index (κ3) is 3.70. The van der Waals surface area contributed by atoms with Crippen LogP contribution >= 0.6 is 11.6 Å². The van der Waals surface area contributed by atoms with Crippen LogP contribution in [0.5, 0.6) is 0 Å². The molecule has 0 saturated carbocycles. The van der Waals surface area contributed by atoms with Crippen molar-refractivity contribution in [2.24, 2.45) is 0 Å². The Labute approximate surface area is 123 Å². The Bertz CT molecular complexity index is 503. The summed E-state index contributed by atoms with van der Waals surface area (Å²) in [6, 6.07) is 4.59. The minimum atomic E-state index is -0.468. The molecule has 0 fully saturated rings. The van der Waals surface area contributed by atoms with Gasteiger partial charge in [0.05, 0.1) is 4.92 Å².